The molecule has 9 heteroatoms. The summed E-state index contributed by atoms with van der Waals surface area (Å²) in [6, 6.07) is 0. The summed E-state index contributed by atoms with van der Waals surface area (Å²) in [6.07, 6.45) is 1.54. The third kappa shape index (κ3) is 4.83. The summed E-state index contributed by atoms with van der Waals surface area (Å²) >= 11 is 0. The Hall–Kier alpha value is -1.35. The van der Waals surface area contributed by atoms with Gasteiger partial charge >= 0.3 is 6.09 Å². The van der Waals surface area contributed by atoms with Crippen LogP contribution in [0.1, 0.15) is 46.5 Å². The van der Waals surface area contributed by atoms with E-state index in [-0.39, 0.29) is 11.7 Å². The van der Waals surface area contributed by atoms with Gasteiger partial charge in [-0.1, -0.05) is 25.9 Å². The molecule has 1 fully saturated rings. The van der Waals surface area contributed by atoms with Crippen molar-refractivity contribution in [2.75, 3.05) is 25.4 Å². The van der Waals surface area contributed by atoms with E-state index >= 15 is 0 Å². The standard InChI is InChI=1S/C15H27N3O5S/c1-4-9-24(20,21)18-7-5-15(6-8-18)10-13(17-23-15)22-14(19)16-11-12(2)3/h12H,4-11H2,1-3H3,(H,16,19). The highest BCUT2D eigenvalue weighted by Crippen LogP contribution is 2.35. The molecule has 2 aliphatic heterocycles. The summed E-state index contributed by atoms with van der Waals surface area (Å²) in [5.41, 5.74) is -0.550. The zero-order valence-electron chi connectivity index (χ0n) is 14.6. The SMILES string of the molecule is CCCS(=O)(=O)N1CCC2(CC1)CC(OC(=O)NCC(C)C)=NO2. The predicted molar refractivity (Wildman–Crippen MR) is 90.1 cm³/mol. The van der Waals surface area contributed by atoms with Crippen LogP contribution in [-0.2, 0) is 19.6 Å². The van der Waals surface area contributed by atoms with E-state index in [4.69, 9.17) is 9.57 Å². The molecular formula is C15H27N3O5S. The third-order valence-electron chi connectivity index (χ3n) is 4.17. The second-order valence-corrected chi connectivity index (χ2v) is 8.90. The minimum atomic E-state index is -3.18. The number of nitrogens with one attached hydrogen (secondary N) is 1. The van der Waals surface area contributed by atoms with Crippen LogP contribution in [0.3, 0.4) is 0 Å². The average Bonchev–Trinajstić information content (AvgIpc) is 2.88. The Balaban J connectivity index is 1.81. The number of carbonyl (C=O) groups is 1. The number of amides is 1. The van der Waals surface area contributed by atoms with E-state index in [2.05, 4.69) is 10.5 Å². The van der Waals surface area contributed by atoms with Crippen molar-refractivity contribution in [3.8, 4) is 0 Å². The Morgan fingerprint density at radius 3 is 2.67 bits per heavy atom. The molecule has 0 unspecified atom stereocenters. The quantitative estimate of drug-likeness (QED) is 0.803. The topological polar surface area (TPSA) is 97.3 Å². The van der Waals surface area contributed by atoms with Gasteiger partial charge in [0, 0.05) is 32.5 Å². The lowest BCUT2D eigenvalue weighted by Crippen LogP contribution is -2.47. The fourth-order valence-electron chi connectivity index (χ4n) is 2.80. The van der Waals surface area contributed by atoms with Crippen molar-refractivity contribution in [3.63, 3.8) is 0 Å². The van der Waals surface area contributed by atoms with Gasteiger partial charge in [0.05, 0.1) is 12.2 Å². The molecule has 0 radical (unpaired) electrons. The molecule has 0 aromatic rings. The Labute approximate surface area is 143 Å². The van der Waals surface area contributed by atoms with Crippen LogP contribution in [0.5, 0.6) is 0 Å². The zero-order valence-corrected chi connectivity index (χ0v) is 15.4. The summed E-state index contributed by atoms with van der Waals surface area (Å²) in [6.45, 7) is 7.18. The molecule has 0 aliphatic carbocycles. The number of oxime groups is 1. The first-order valence-electron chi connectivity index (χ1n) is 8.45. The number of rotatable bonds is 5. The maximum absolute atomic E-state index is 12.1. The fraction of sp³-hybridized carbons (Fsp3) is 0.867. The van der Waals surface area contributed by atoms with E-state index in [1.165, 1.54) is 4.31 Å². The van der Waals surface area contributed by atoms with E-state index in [1.807, 2.05) is 20.8 Å². The maximum Gasteiger partial charge on any atom is 0.413 e. The van der Waals surface area contributed by atoms with Crippen LogP contribution in [0.4, 0.5) is 4.79 Å². The van der Waals surface area contributed by atoms with Crippen molar-refractivity contribution in [1.29, 1.82) is 0 Å². The predicted octanol–water partition coefficient (Wildman–Crippen LogP) is 1.68. The zero-order chi connectivity index (χ0) is 17.8. The first-order valence-corrected chi connectivity index (χ1v) is 10.1. The highest BCUT2D eigenvalue weighted by Gasteiger charge is 2.45. The molecule has 1 N–H and O–H groups in total. The Morgan fingerprint density at radius 1 is 1.42 bits per heavy atom. The van der Waals surface area contributed by atoms with Gasteiger partial charge in [-0.2, -0.15) is 0 Å². The smallest absolute Gasteiger partial charge is 0.392 e. The number of ether oxygens (including phenoxy) is 1. The lowest BCUT2D eigenvalue weighted by molar-refractivity contribution is -0.0506. The molecule has 0 aromatic carbocycles. The molecule has 2 aliphatic rings. The molecule has 2 heterocycles. The lowest BCUT2D eigenvalue weighted by Gasteiger charge is -2.36. The first kappa shape index (κ1) is 19.0. The van der Waals surface area contributed by atoms with Crippen molar-refractivity contribution in [2.45, 2.75) is 52.1 Å². The van der Waals surface area contributed by atoms with Gasteiger partial charge in [0.2, 0.25) is 15.9 Å². The van der Waals surface area contributed by atoms with E-state index in [1.54, 1.807) is 0 Å². The minimum absolute atomic E-state index is 0.168. The fourth-order valence-corrected chi connectivity index (χ4v) is 4.31. The van der Waals surface area contributed by atoms with Gasteiger partial charge in [-0.05, 0) is 12.3 Å². The molecule has 1 saturated heterocycles. The van der Waals surface area contributed by atoms with Gasteiger partial charge in [0.1, 0.15) is 5.60 Å². The first-order chi connectivity index (χ1) is 11.3. The summed E-state index contributed by atoms with van der Waals surface area (Å²) < 4.78 is 30.9. The molecule has 0 aromatic heterocycles. The maximum atomic E-state index is 12.1. The van der Waals surface area contributed by atoms with Crippen LogP contribution >= 0.6 is 0 Å². The van der Waals surface area contributed by atoms with Gasteiger partial charge in [0.15, 0.2) is 0 Å². The average molecular weight is 361 g/mol. The molecule has 1 amide bonds. The van der Waals surface area contributed by atoms with E-state index in [9.17, 15) is 13.2 Å². The normalized spacial score (nSPS) is 20.8. The number of hydrogen-bond donors (Lipinski definition) is 1. The Kier molecular flexibility index (Phi) is 6.08. The number of hydrogen-bond acceptors (Lipinski definition) is 6. The molecule has 0 atom stereocenters. The Morgan fingerprint density at radius 2 is 2.08 bits per heavy atom. The van der Waals surface area contributed by atoms with Crippen LogP contribution in [-0.4, -0.2) is 55.7 Å². The van der Waals surface area contributed by atoms with Crippen LogP contribution in [0.15, 0.2) is 5.16 Å². The molecule has 1 spiro atoms. The minimum Gasteiger partial charge on any atom is -0.392 e. The number of carbonyl (C=O) groups excluding carboxylic acids is 1. The van der Waals surface area contributed by atoms with Crippen molar-refractivity contribution in [1.82, 2.24) is 9.62 Å². The van der Waals surface area contributed by atoms with Gasteiger partial charge < -0.3 is 14.9 Å². The van der Waals surface area contributed by atoms with Gasteiger partial charge in [0.25, 0.3) is 0 Å². The van der Waals surface area contributed by atoms with Crippen LogP contribution in [0.25, 0.3) is 0 Å². The molecule has 0 saturated carbocycles. The van der Waals surface area contributed by atoms with Gasteiger partial charge in [-0.25, -0.2) is 17.5 Å². The van der Waals surface area contributed by atoms with Crippen molar-refractivity contribution < 1.29 is 22.8 Å². The third-order valence-corrected chi connectivity index (χ3v) is 6.24. The molecule has 2 rings (SSSR count). The second-order valence-electron chi connectivity index (χ2n) is 6.82. The highest BCUT2D eigenvalue weighted by molar-refractivity contribution is 7.89. The van der Waals surface area contributed by atoms with Crippen molar-refractivity contribution in [3.05, 3.63) is 0 Å². The van der Waals surface area contributed by atoms with Crippen molar-refractivity contribution in [2.24, 2.45) is 11.1 Å². The summed E-state index contributed by atoms with van der Waals surface area (Å²) in [4.78, 5) is 17.2. The van der Waals surface area contributed by atoms with Gasteiger partial charge in [-0.15, -0.1) is 0 Å². The summed E-state index contributed by atoms with van der Waals surface area (Å²) in [5, 5.41) is 6.53. The largest absolute Gasteiger partial charge is 0.413 e. The summed E-state index contributed by atoms with van der Waals surface area (Å²) in [5.74, 6) is 0.753. The lowest BCUT2D eigenvalue weighted by atomic mass is 9.89. The molecular weight excluding hydrogens is 334 g/mol. The van der Waals surface area contributed by atoms with E-state index in [0.717, 1.165) is 0 Å². The van der Waals surface area contributed by atoms with E-state index < -0.39 is 21.7 Å². The number of alkyl carbamates (subject to hydrolysis) is 1. The van der Waals surface area contributed by atoms with Crippen LogP contribution in [0.2, 0.25) is 0 Å². The van der Waals surface area contributed by atoms with Gasteiger partial charge in [-0.3, -0.25) is 0 Å². The second kappa shape index (κ2) is 7.69. The Bertz CT molecular complexity index is 580. The molecule has 0 bridgehead atoms. The molecule has 138 valence electrons. The molecule has 24 heavy (non-hydrogen) atoms. The van der Waals surface area contributed by atoms with Crippen molar-refractivity contribution >= 4 is 22.0 Å². The monoisotopic (exact) mass is 361 g/mol. The number of nitrogens with zero attached hydrogens (tertiary/aromatic N) is 2. The highest BCUT2D eigenvalue weighted by atomic mass is 32.2. The number of sulfonamides is 1. The molecule has 8 nitrogen and oxygen atoms in total. The van der Waals surface area contributed by atoms with Crippen LogP contribution in [0, 0.1) is 5.92 Å². The number of piperidine rings is 1. The van der Waals surface area contributed by atoms with Crippen LogP contribution < -0.4 is 5.32 Å². The summed E-state index contributed by atoms with van der Waals surface area (Å²) in [7, 11) is -3.18. The van der Waals surface area contributed by atoms with E-state index in [0.29, 0.717) is 51.2 Å².